The van der Waals surface area contributed by atoms with E-state index in [0.717, 1.165) is 0 Å². The monoisotopic (exact) mass is 294 g/mol. The minimum Gasteiger partial charge on any atom is -0.496 e. The number of ether oxygens (including phenoxy) is 1. The first-order valence-electron chi connectivity index (χ1n) is 5.85. The second kappa shape index (κ2) is 5.92. The third-order valence-electron chi connectivity index (χ3n) is 2.79. The van der Waals surface area contributed by atoms with Crippen LogP contribution in [-0.2, 0) is 11.2 Å². The van der Waals surface area contributed by atoms with Crippen LogP contribution in [0.4, 0.5) is 4.39 Å². The highest BCUT2D eigenvalue weighted by Gasteiger charge is 2.11. The number of hydrogen-bond donors (Lipinski definition) is 1. The Labute approximate surface area is 120 Å². The number of rotatable bonds is 4. The van der Waals surface area contributed by atoms with E-state index < -0.39 is 11.8 Å². The maximum Gasteiger partial charge on any atom is 0.307 e. The van der Waals surface area contributed by atoms with E-state index in [9.17, 15) is 9.18 Å². The summed E-state index contributed by atoms with van der Waals surface area (Å²) in [5.41, 5.74) is 1.75. The fourth-order valence-corrected chi connectivity index (χ4v) is 2.20. The van der Waals surface area contributed by atoms with Crippen molar-refractivity contribution in [2.24, 2.45) is 0 Å². The fraction of sp³-hybridized carbons (Fsp3) is 0.133. The summed E-state index contributed by atoms with van der Waals surface area (Å²) in [5, 5.41) is 9.10. The van der Waals surface area contributed by atoms with E-state index in [1.54, 1.807) is 24.3 Å². The van der Waals surface area contributed by atoms with Crippen LogP contribution in [0.15, 0.2) is 36.4 Å². The first-order valence-corrected chi connectivity index (χ1v) is 6.22. The molecule has 1 N–H and O–H groups in total. The molecule has 0 saturated carbocycles. The van der Waals surface area contributed by atoms with E-state index in [1.165, 1.54) is 19.2 Å². The maximum atomic E-state index is 13.4. The van der Waals surface area contributed by atoms with Crippen molar-refractivity contribution in [2.45, 2.75) is 6.42 Å². The molecule has 0 aliphatic rings. The molecule has 0 fully saturated rings. The van der Waals surface area contributed by atoms with Gasteiger partial charge in [-0.25, -0.2) is 4.39 Å². The van der Waals surface area contributed by atoms with Crippen LogP contribution in [0.5, 0.6) is 5.75 Å². The van der Waals surface area contributed by atoms with Crippen LogP contribution in [0.2, 0.25) is 5.02 Å². The van der Waals surface area contributed by atoms with Gasteiger partial charge < -0.3 is 9.84 Å². The fourth-order valence-electron chi connectivity index (χ4n) is 1.97. The van der Waals surface area contributed by atoms with Crippen molar-refractivity contribution in [3.63, 3.8) is 0 Å². The van der Waals surface area contributed by atoms with Crippen LogP contribution in [0.25, 0.3) is 11.1 Å². The van der Waals surface area contributed by atoms with Crippen molar-refractivity contribution >= 4 is 17.6 Å². The molecule has 2 rings (SSSR count). The number of carboxylic acids is 1. The summed E-state index contributed by atoms with van der Waals surface area (Å²) in [7, 11) is 1.50. The number of benzene rings is 2. The average Bonchev–Trinajstić information content (AvgIpc) is 2.36. The van der Waals surface area contributed by atoms with E-state index in [2.05, 4.69) is 0 Å². The van der Waals surface area contributed by atoms with Gasteiger partial charge >= 0.3 is 5.97 Å². The van der Waals surface area contributed by atoms with Crippen molar-refractivity contribution in [2.75, 3.05) is 7.11 Å². The van der Waals surface area contributed by atoms with Crippen molar-refractivity contribution in [3.05, 3.63) is 52.8 Å². The molecule has 0 atom stereocenters. The predicted molar refractivity (Wildman–Crippen MR) is 74.7 cm³/mol. The summed E-state index contributed by atoms with van der Waals surface area (Å²) in [5.74, 6) is -0.864. The summed E-state index contributed by atoms with van der Waals surface area (Å²) in [6.07, 6.45) is -0.111. The first kappa shape index (κ1) is 14.3. The molecule has 2 aromatic carbocycles. The van der Waals surface area contributed by atoms with Crippen molar-refractivity contribution < 1.29 is 19.0 Å². The van der Waals surface area contributed by atoms with Gasteiger partial charge in [0.25, 0.3) is 0 Å². The van der Waals surface area contributed by atoms with E-state index in [-0.39, 0.29) is 11.4 Å². The molecule has 5 heteroatoms. The van der Waals surface area contributed by atoms with Crippen LogP contribution in [0.3, 0.4) is 0 Å². The summed E-state index contributed by atoms with van der Waals surface area (Å²) in [6, 6.07) is 9.13. The minimum absolute atomic E-state index is 0.111. The standard InChI is InChI=1S/C15H12ClFO3/c1-20-14-3-2-9(5-15(18)19)4-13(14)10-6-11(16)8-12(17)7-10/h2-4,6-8H,5H2,1H3,(H,18,19). The molecular formula is C15H12ClFO3. The van der Waals surface area contributed by atoms with Gasteiger partial charge in [0.05, 0.1) is 13.5 Å². The van der Waals surface area contributed by atoms with E-state index in [0.29, 0.717) is 22.4 Å². The van der Waals surface area contributed by atoms with E-state index >= 15 is 0 Å². The minimum atomic E-state index is -0.932. The molecule has 0 radical (unpaired) electrons. The Bertz CT molecular complexity index is 635. The average molecular weight is 295 g/mol. The predicted octanol–water partition coefficient (Wildman–Crippen LogP) is 3.78. The van der Waals surface area contributed by atoms with Gasteiger partial charge in [-0.15, -0.1) is 0 Å². The normalized spacial score (nSPS) is 10.3. The summed E-state index contributed by atoms with van der Waals surface area (Å²) in [6.45, 7) is 0. The lowest BCUT2D eigenvalue weighted by Gasteiger charge is -2.11. The number of carboxylic acid groups (broad SMARTS) is 1. The highest BCUT2D eigenvalue weighted by molar-refractivity contribution is 6.30. The number of methoxy groups -OCH3 is 1. The van der Waals surface area contributed by atoms with Crippen LogP contribution >= 0.6 is 11.6 Å². The molecular weight excluding hydrogens is 283 g/mol. The van der Waals surface area contributed by atoms with Gasteiger partial charge in [-0.2, -0.15) is 0 Å². The molecule has 20 heavy (non-hydrogen) atoms. The Kier molecular flexibility index (Phi) is 4.25. The Balaban J connectivity index is 2.54. The molecule has 0 amide bonds. The Hall–Kier alpha value is -2.07. The number of hydrogen-bond acceptors (Lipinski definition) is 2. The zero-order chi connectivity index (χ0) is 14.7. The van der Waals surface area contributed by atoms with Crippen LogP contribution in [0, 0.1) is 5.82 Å². The van der Waals surface area contributed by atoms with Gasteiger partial charge in [0.1, 0.15) is 11.6 Å². The Morgan fingerprint density at radius 2 is 2.05 bits per heavy atom. The molecule has 0 aliphatic carbocycles. The van der Waals surface area contributed by atoms with Crippen molar-refractivity contribution in [1.82, 2.24) is 0 Å². The number of carbonyl (C=O) groups is 1. The van der Waals surface area contributed by atoms with Gasteiger partial charge in [-0.1, -0.05) is 17.7 Å². The topological polar surface area (TPSA) is 46.5 Å². The molecule has 0 unspecified atom stereocenters. The zero-order valence-electron chi connectivity index (χ0n) is 10.7. The smallest absolute Gasteiger partial charge is 0.307 e. The van der Waals surface area contributed by atoms with Crippen LogP contribution in [-0.4, -0.2) is 18.2 Å². The van der Waals surface area contributed by atoms with E-state index in [1.807, 2.05) is 0 Å². The number of aliphatic carboxylic acids is 1. The third kappa shape index (κ3) is 3.27. The summed E-state index contributed by atoms with van der Waals surface area (Å²) in [4.78, 5) is 10.8. The van der Waals surface area contributed by atoms with Gasteiger partial charge in [0.15, 0.2) is 0 Å². The first-order chi connectivity index (χ1) is 9.49. The molecule has 0 bridgehead atoms. The van der Waals surface area contributed by atoms with Gasteiger partial charge in [-0.3, -0.25) is 4.79 Å². The second-order valence-corrected chi connectivity index (χ2v) is 4.70. The molecule has 0 aromatic heterocycles. The molecule has 0 aliphatic heterocycles. The molecule has 104 valence electrons. The lowest BCUT2D eigenvalue weighted by atomic mass is 10.0. The largest absolute Gasteiger partial charge is 0.496 e. The lowest BCUT2D eigenvalue weighted by Crippen LogP contribution is -2.00. The van der Waals surface area contributed by atoms with Gasteiger partial charge in [-0.05, 0) is 41.5 Å². The second-order valence-electron chi connectivity index (χ2n) is 4.26. The van der Waals surface area contributed by atoms with E-state index in [4.69, 9.17) is 21.4 Å². The molecule has 0 saturated heterocycles. The molecule has 3 nitrogen and oxygen atoms in total. The third-order valence-corrected chi connectivity index (χ3v) is 3.01. The highest BCUT2D eigenvalue weighted by Crippen LogP contribution is 2.33. The summed E-state index contributed by atoms with van der Waals surface area (Å²) >= 11 is 5.84. The number of halogens is 2. The zero-order valence-corrected chi connectivity index (χ0v) is 11.4. The highest BCUT2D eigenvalue weighted by atomic mass is 35.5. The lowest BCUT2D eigenvalue weighted by molar-refractivity contribution is -0.136. The summed E-state index contributed by atoms with van der Waals surface area (Å²) < 4.78 is 18.7. The Morgan fingerprint density at radius 3 is 2.65 bits per heavy atom. The van der Waals surface area contributed by atoms with Gasteiger partial charge in [0, 0.05) is 10.6 Å². The Morgan fingerprint density at radius 1 is 1.30 bits per heavy atom. The van der Waals surface area contributed by atoms with Crippen molar-refractivity contribution in [3.8, 4) is 16.9 Å². The van der Waals surface area contributed by atoms with Crippen LogP contribution in [0.1, 0.15) is 5.56 Å². The van der Waals surface area contributed by atoms with Gasteiger partial charge in [0.2, 0.25) is 0 Å². The van der Waals surface area contributed by atoms with Crippen molar-refractivity contribution in [1.29, 1.82) is 0 Å². The molecule has 0 spiro atoms. The SMILES string of the molecule is COc1ccc(CC(=O)O)cc1-c1cc(F)cc(Cl)c1. The molecule has 0 heterocycles. The maximum absolute atomic E-state index is 13.4. The van der Waals surface area contributed by atoms with Crippen LogP contribution < -0.4 is 4.74 Å². The quantitative estimate of drug-likeness (QED) is 0.933. The molecule has 2 aromatic rings.